The van der Waals surface area contributed by atoms with Gasteiger partial charge in [-0.05, 0) is 34.7 Å². The molecule has 0 fully saturated rings. The predicted molar refractivity (Wildman–Crippen MR) is 80.2 cm³/mol. The van der Waals surface area contributed by atoms with Crippen molar-refractivity contribution < 1.29 is 0 Å². The summed E-state index contributed by atoms with van der Waals surface area (Å²) >= 11 is 7.90. The van der Waals surface area contributed by atoms with Crippen molar-refractivity contribution in [3.8, 4) is 0 Å². The largest absolute Gasteiger partial charge is 0.271 e. The summed E-state index contributed by atoms with van der Waals surface area (Å²) in [6.45, 7) is 0. The lowest BCUT2D eigenvalue weighted by Crippen LogP contribution is -2.29. The standard InChI is InChI=1S/C14H12ClN3S/c15-11-4-2-1-3-10(11)14(18-16)9-7-13-12(17-8-9)5-6-19-13/h1-8,14,18H,16H2. The van der Waals surface area contributed by atoms with E-state index in [2.05, 4.69) is 16.5 Å². The molecule has 5 heteroatoms. The third-order valence-electron chi connectivity index (χ3n) is 3.04. The number of nitrogens with zero attached hydrogens (tertiary/aromatic N) is 1. The van der Waals surface area contributed by atoms with Crippen LogP contribution in [0, 0.1) is 0 Å². The maximum absolute atomic E-state index is 6.23. The van der Waals surface area contributed by atoms with E-state index >= 15 is 0 Å². The number of rotatable bonds is 3. The van der Waals surface area contributed by atoms with Gasteiger partial charge in [0.05, 0.1) is 16.3 Å². The lowest BCUT2D eigenvalue weighted by Gasteiger charge is -2.17. The number of benzene rings is 1. The molecule has 0 spiro atoms. The Balaban J connectivity index is 2.09. The van der Waals surface area contributed by atoms with E-state index in [0.29, 0.717) is 5.02 Å². The molecule has 0 radical (unpaired) electrons. The second kappa shape index (κ2) is 5.27. The fourth-order valence-electron chi connectivity index (χ4n) is 2.09. The van der Waals surface area contributed by atoms with Crippen molar-refractivity contribution in [2.75, 3.05) is 0 Å². The van der Waals surface area contributed by atoms with Gasteiger partial charge in [0.1, 0.15) is 0 Å². The highest BCUT2D eigenvalue weighted by Gasteiger charge is 2.16. The van der Waals surface area contributed by atoms with Crippen LogP contribution < -0.4 is 11.3 Å². The summed E-state index contributed by atoms with van der Waals surface area (Å²) in [5.41, 5.74) is 5.77. The number of pyridine rings is 1. The lowest BCUT2D eigenvalue weighted by molar-refractivity contribution is 0.636. The Kier molecular flexibility index (Phi) is 3.48. The number of fused-ring (bicyclic) bond motifs is 1. The monoisotopic (exact) mass is 289 g/mol. The Labute approximate surface area is 120 Å². The number of nitrogens with two attached hydrogens (primary N) is 1. The highest BCUT2D eigenvalue weighted by molar-refractivity contribution is 7.17. The number of hydrogen-bond acceptors (Lipinski definition) is 4. The molecule has 2 aromatic heterocycles. The van der Waals surface area contributed by atoms with Crippen molar-refractivity contribution in [1.82, 2.24) is 10.4 Å². The van der Waals surface area contributed by atoms with E-state index in [4.69, 9.17) is 17.4 Å². The first-order valence-corrected chi connectivity index (χ1v) is 7.09. The molecule has 3 aromatic rings. The molecule has 0 saturated heterocycles. The number of aromatic nitrogens is 1. The smallest absolute Gasteiger partial charge is 0.0809 e. The third-order valence-corrected chi connectivity index (χ3v) is 4.24. The van der Waals surface area contributed by atoms with Crippen molar-refractivity contribution in [3.05, 3.63) is 64.1 Å². The van der Waals surface area contributed by atoms with E-state index in [1.165, 1.54) is 0 Å². The van der Waals surface area contributed by atoms with E-state index in [1.807, 2.05) is 41.9 Å². The van der Waals surface area contributed by atoms with Crippen LogP contribution in [0.25, 0.3) is 10.2 Å². The van der Waals surface area contributed by atoms with E-state index in [9.17, 15) is 0 Å². The molecule has 19 heavy (non-hydrogen) atoms. The van der Waals surface area contributed by atoms with Gasteiger partial charge in [0.2, 0.25) is 0 Å². The van der Waals surface area contributed by atoms with Crippen LogP contribution in [0.3, 0.4) is 0 Å². The Morgan fingerprint density at radius 1 is 1.26 bits per heavy atom. The number of nitrogens with one attached hydrogen (secondary N) is 1. The maximum atomic E-state index is 6.23. The molecule has 0 saturated carbocycles. The van der Waals surface area contributed by atoms with Crippen LogP contribution in [0.2, 0.25) is 5.02 Å². The molecule has 1 unspecified atom stereocenters. The van der Waals surface area contributed by atoms with E-state index < -0.39 is 0 Å². The summed E-state index contributed by atoms with van der Waals surface area (Å²) in [4.78, 5) is 4.44. The van der Waals surface area contributed by atoms with Crippen molar-refractivity contribution in [2.24, 2.45) is 5.84 Å². The van der Waals surface area contributed by atoms with Crippen LogP contribution >= 0.6 is 22.9 Å². The number of hydrogen-bond donors (Lipinski definition) is 2. The molecule has 1 aromatic carbocycles. The summed E-state index contributed by atoms with van der Waals surface area (Å²) in [6, 6.07) is 11.6. The van der Waals surface area contributed by atoms with Crippen molar-refractivity contribution in [2.45, 2.75) is 6.04 Å². The summed E-state index contributed by atoms with van der Waals surface area (Å²) in [5.74, 6) is 5.69. The molecular formula is C14H12ClN3S. The fourth-order valence-corrected chi connectivity index (χ4v) is 3.13. The quantitative estimate of drug-likeness (QED) is 0.573. The Morgan fingerprint density at radius 3 is 2.89 bits per heavy atom. The molecule has 1 atom stereocenters. The molecule has 96 valence electrons. The van der Waals surface area contributed by atoms with Crippen molar-refractivity contribution in [1.29, 1.82) is 0 Å². The fraction of sp³-hybridized carbons (Fsp3) is 0.0714. The average Bonchev–Trinajstić information content (AvgIpc) is 2.89. The SMILES string of the molecule is NNC(c1cnc2ccsc2c1)c1ccccc1Cl. The molecule has 0 aliphatic heterocycles. The minimum Gasteiger partial charge on any atom is -0.271 e. The van der Waals surface area contributed by atoms with Gasteiger partial charge in [0.25, 0.3) is 0 Å². The number of hydrazine groups is 1. The summed E-state index contributed by atoms with van der Waals surface area (Å²) in [5, 5.41) is 2.72. The molecule has 0 bridgehead atoms. The zero-order chi connectivity index (χ0) is 13.2. The first-order valence-electron chi connectivity index (χ1n) is 5.83. The Bertz CT molecular complexity index is 710. The van der Waals surface area contributed by atoms with Crippen LogP contribution in [0.4, 0.5) is 0 Å². The van der Waals surface area contributed by atoms with Crippen LogP contribution in [0.15, 0.2) is 48.0 Å². The Hall–Kier alpha value is -1.46. The van der Waals surface area contributed by atoms with Gasteiger partial charge in [-0.25, -0.2) is 5.43 Å². The predicted octanol–water partition coefficient (Wildman–Crippen LogP) is 3.50. The van der Waals surface area contributed by atoms with Crippen LogP contribution in [-0.4, -0.2) is 4.98 Å². The third kappa shape index (κ3) is 2.35. The zero-order valence-electron chi connectivity index (χ0n) is 10.0. The number of halogens is 1. The average molecular weight is 290 g/mol. The van der Waals surface area contributed by atoms with Crippen LogP contribution in [-0.2, 0) is 0 Å². The van der Waals surface area contributed by atoms with E-state index in [1.54, 1.807) is 11.3 Å². The van der Waals surface area contributed by atoms with Gasteiger partial charge in [0, 0.05) is 11.2 Å². The summed E-state index contributed by atoms with van der Waals surface area (Å²) < 4.78 is 1.14. The minimum absolute atomic E-state index is 0.160. The van der Waals surface area contributed by atoms with Crippen LogP contribution in [0.5, 0.6) is 0 Å². The highest BCUT2D eigenvalue weighted by atomic mass is 35.5. The van der Waals surface area contributed by atoms with Gasteiger partial charge in [-0.1, -0.05) is 29.8 Å². The maximum Gasteiger partial charge on any atom is 0.0809 e. The zero-order valence-corrected chi connectivity index (χ0v) is 11.6. The lowest BCUT2D eigenvalue weighted by atomic mass is 10.0. The molecular weight excluding hydrogens is 278 g/mol. The summed E-state index contributed by atoms with van der Waals surface area (Å²) in [7, 11) is 0. The molecule has 3 nitrogen and oxygen atoms in total. The summed E-state index contributed by atoms with van der Waals surface area (Å²) in [6.07, 6.45) is 1.84. The van der Waals surface area contributed by atoms with E-state index in [-0.39, 0.29) is 6.04 Å². The molecule has 3 rings (SSSR count). The van der Waals surface area contributed by atoms with Crippen LogP contribution in [0.1, 0.15) is 17.2 Å². The first-order chi connectivity index (χ1) is 9.29. The normalized spacial score (nSPS) is 12.7. The topological polar surface area (TPSA) is 50.9 Å². The second-order valence-corrected chi connectivity index (χ2v) is 5.55. The molecule has 0 amide bonds. The van der Waals surface area contributed by atoms with Gasteiger partial charge in [0.15, 0.2) is 0 Å². The second-order valence-electron chi connectivity index (χ2n) is 4.19. The highest BCUT2D eigenvalue weighted by Crippen LogP contribution is 2.29. The minimum atomic E-state index is -0.160. The van der Waals surface area contributed by atoms with Gasteiger partial charge in [-0.3, -0.25) is 10.8 Å². The molecule has 2 heterocycles. The molecule has 0 aliphatic carbocycles. The number of thiophene rings is 1. The van der Waals surface area contributed by atoms with Gasteiger partial charge in [-0.2, -0.15) is 0 Å². The van der Waals surface area contributed by atoms with E-state index in [0.717, 1.165) is 21.3 Å². The molecule has 0 aliphatic rings. The van der Waals surface area contributed by atoms with Gasteiger partial charge >= 0.3 is 0 Å². The molecule has 3 N–H and O–H groups in total. The van der Waals surface area contributed by atoms with Crippen molar-refractivity contribution >= 4 is 33.2 Å². The van der Waals surface area contributed by atoms with Gasteiger partial charge in [-0.15, -0.1) is 11.3 Å². The Morgan fingerprint density at radius 2 is 2.11 bits per heavy atom. The van der Waals surface area contributed by atoms with Crippen molar-refractivity contribution in [3.63, 3.8) is 0 Å². The van der Waals surface area contributed by atoms with Gasteiger partial charge < -0.3 is 0 Å². The first kappa shape index (κ1) is 12.6.